The molecular formula is C23H18ClFN2. The number of hydrogen-bond donors (Lipinski definition) is 1. The monoisotopic (exact) mass is 376 g/mol. The van der Waals surface area contributed by atoms with Gasteiger partial charge in [0.25, 0.3) is 0 Å². The van der Waals surface area contributed by atoms with E-state index in [4.69, 9.17) is 11.6 Å². The second-order valence-electron chi connectivity index (χ2n) is 6.47. The maximum atomic E-state index is 14.6. The Hall–Kier alpha value is -2.91. The lowest BCUT2D eigenvalue weighted by molar-refractivity contribution is 0.600. The summed E-state index contributed by atoms with van der Waals surface area (Å²) in [6, 6.07) is 22.6. The van der Waals surface area contributed by atoms with E-state index in [0.717, 1.165) is 27.7 Å². The fourth-order valence-corrected chi connectivity index (χ4v) is 3.45. The molecule has 1 unspecified atom stereocenters. The Morgan fingerprint density at radius 3 is 2.48 bits per heavy atom. The van der Waals surface area contributed by atoms with Crippen LogP contribution in [0.25, 0.3) is 22.0 Å². The van der Waals surface area contributed by atoms with E-state index in [9.17, 15) is 4.39 Å². The fourth-order valence-electron chi connectivity index (χ4n) is 3.24. The van der Waals surface area contributed by atoms with E-state index in [1.807, 2.05) is 67.6 Å². The third-order valence-electron chi connectivity index (χ3n) is 4.66. The van der Waals surface area contributed by atoms with Crippen molar-refractivity contribution in [2.45, 2.75) is 13.0 Å². The first-order valence-electron chi connectivity index (χ1n) is 8.78. The van der Waals surface area contributed by atoms with Crippen molar-refractivity contribution in [1.82, 2.24) is 4.98 Å². The van der Waals surface area contributed by atoms with Crippen LogP contribution in [0.5, 0.6) is 0 Å². The van der Waals surface area contributed by atoms with Crippen molar-refractivity contribution >= 4 is 28.2 Å². The van der Waals surface area contributed by atoms with E-state index in [0.29, 0.717) is 10.6 Å². The highest BCUT2D eigenvalue weighted by Crippen LogP contribution is 2.34. The minimum absolute atomic E-state index is 0.246. The number of aromatic nitrogens is 1. The SMILES string of the molecule is CC(Nc1c(Cl)cnc2ccccc12)c1cc(-c2ccccc2)ccc1F. The Balaban J connectivity index is 1.72. The summed E-state index contributed by atoms with van der Waals surface area (Å²) >= 11 is 6.38. The van der Waals surface area contributed by atoms with Crippen molar-refractivity contribution in [3.8, 4) is 11.1 Å². The molecule has 0 saturated carbocycles. The average molecular weight is 377 g/mol. The number of benzene rings is 3. The molecule has 0 amide bonds. The Labute approximate surface area is 162 Å². The minimum Gasteiger partial charge on any atom is -0.377 e. The van der Waals surface area contributed by atoms with E-state index in [1.165, 1.54) is 6.07 Å². The highest BCUT2D eigenvalue weighted by Gasteiger charge is 2.15. The van der Waals surface area contributed by atoms with Gasteiger partial charge in [-0.2, -0.15) is 0 Å². The lowest BCUT2D eigenvalue weighted by atomic mass is 9.99. The normalized spacial score (nSPS) is 12.1. The molecule has 1 heterocycles. The molecule has 134 valence electrons. The van der Waals surface area contributed by atoms with E-state index < -0.39 is 0 Å². The molecule has 0 saturated heterocycles. The highest BCUT2D eigenvalue weighted by atomic mass is 35.5. The van der Waals surface area contributed by atoms with Gasteiger partial charge >= 0.3 is 0 Å². The van der Waals surface area contributed by atoms with Gasteiger partial charge in [-0.1, -0.05) is 66.2 Å². The summed E-state index contributed by atoms with van der Waals surface area (Å²) in [6.07, 6.45) is 1.62. The van der Waals surface area contributed by atoms with Crippen LogP contribution in [0.1, 0.15) is 18.5 Å². The lowest BCUT2D eigenvalue weighted by Crippen LogP contribution is -2.10. The molecule has 1 atom stereocenters. The van der Waals surface area contributed by atoms with Crippen LogP contribution in [0.2, 0.25) is 5.02 Å². The van der Waals surface area contributed by atoms with Gasteiger partial charge < -0.3 is 5.32 Å². The van der Waals surface area contributed by atoms with Crippen molar-refractivity contribution in [2.24, 2.45) is 0 Å². The molecule has 2 nitrogen and oxygen atoms in total. The van der Waals surface area contributed by atoms with Crippen LogP contribution >= 0.6 is 11.6 Å². The molecule has 0 radical (unpaired) electrons. The standard InChI is InChI=1S/C23H18ClFN2/c1-15(27-23-18-9-5-6-10-22(18)26-14-20(23)24)19-13-17(11-12-21(19)25)16-7-3-2-4-8-16/h2-15H,1H3,(H,26,27). The number of hydrogen-bond acceptors (Lipinski definition) is 2. The molecule has 4 heteroatoms. The first-order valence-corrected chi connectivity index (χ1v) is 9.16. The molecule has 0 aliphatic heterocycles. The molecule has 4 rings (SSSR count). The molecule has 0 bridgehead atoms. The van der Waals surface area contributed by atoms with Crippen molar-refractivity contribution in [3.63, 3.8) is 0 Å². The topological polar surface area (TPSA) is 24.9 Å². The molecule has 0 aliphatic rings. The predicted molar refractivity (Wildman–Crippen MR) is 111 cm³/mol. The number of halogens is 2. The van der Waals surface area contributed by atoms with Gasteiger partial charge in [-0.3, -0.25) is 4.98 Å². The van der Waals surface area contributed by atoms with Crippen LogP contribution < -0.4 is 5.32 Å². The van der Waals surface area contributed by atoms with Gasteiger partial charge in [0.05, 0.1) is 22.3 Å². The number of anilines is 1. The minimum atomic E-state index is -0.267. The van der Waals surface area contributed by atoms with E-state index in [1.54, 1.807) is 12.3 Å². The highest BCUT2D eigenvalue weighted by molar-refractivity contribution is 6.34. The van der Waals surface area contributed by atoms with Gasteiger partial charge in [0.2, 0.25) is 0 Å². The fraction of sp³-hybridized carbons (Fsp3) is 0.0870. The quantitative estimate of drug-likeness (QED) is 0.420. The Morgan fingerprint density at radius 2 is 1.67 bits per heavy atom. The second kappa shape index (κ2) is 7.37. The van der Waals surface area contributed by atoms with Crippen LogP contribution in [-0.4, -0.2) is 4.98 Å². The first kappa shape index (κ1) is 17.5. The summed E-state index contributed by atoms with van der Waals surface area (Å²) in [4.78, 5) is 4.35. The predicted octanol–water partition coefficient (Wildman–Crippen LogP) is 6.87. The summed E-state index contributed by atoms with van der Waals surface area (Å²) in [6.45, 7) is 1.93. The Bertz CT molecular complexity index is 1100. The number of fused-ring (bicyclic) bond motifs is 1. The van der Waals surface area contributed by atoms with Crippen molar-refractivity contribution in [2.75, 3.05) is 5.32 Å². The van der Waals surface area contributed by atoms with Gasteiger partial charge in [0.1, 0.15) is 5.82 Å². The van der Waals surface area contributed by atoms with E-state index >= 15 is 0 Å². The third kappa shape index (κ3) is 3.51. The van der Waals surface area contributed by atoms with Crippen LogP contribution in [0.3, 0.4) is 0 Å². The van der Waals surface area contributed by atoms with Crippen LogP contribution in [0.4, 0.5) is 10.1 Å². The Kier molecular flexibility index (Phi) is 4.78. The van der Waals surface area contributed by atoms with Crippen molar-refractivity contribution in [3.05, 3.63) is 95.4 Å². The van der Waals surface area contributed by atoms with Gasteiger partial charge in [-0.15, -0.1) is 0 Å². The molecule has 1 aromatic heterocycles. The van der Waals surface area contributed by atoms with Crippen LogP contribution in [0.15, 0.2) is 79.0 Å². The van der Waals surface area contributed by atoms with Gasteiger partial charge in [-0.05, 0) is 36.2 Å². The summed E-state index contributed by atoms with van der Waals surface area (Å²) in [5.41, 5.74) is 4.23. The van der Waals surface area contributed by atoms with Gasteiger partial charge in [0, 0.05) is 17.1 Å². The maximum absolute atomic E-state index is 14.6. The molecule has 4 aromatic rings. The average Bonchev–Trinajstić information content (AvgIpc) is 2.71. The molecular weight excluding hydrogens is 359 g/mol. The zero-order valence-corrected chi connectivity index (χ0v) is 15.5. The summed E-state index contributed by atoms with van der Waals surface area (Å²) < 4.78 is 14.6. The summed E-state index contributed by atoms with van der Waals surface area (Å²) in [7, 11) is 0. The molecule has 0 fully saturated rings. The van der Waals surface area contributed by atoms with Crippen molar-refractivity contribution in [1.29, 1.82) is 0 Å². The van der Waals surface area contributed by atoms with Crippen molar-refractivity contribution < 1.29 is 4.39 Å². The number of rotatable bonds is 4. The smallest absolute Gasteiger partial charge is 0.128 e. The number of nitrogens with one attached hydrogen (secondary N) is 1. The summed E-state index contributed by atoms with van der Waals surface area (Å²) in [5, 5.41) is 4.80. The van der Waals surface area contributed by atoms with Crippen LogP contribution in [0, 0.1) is 5.82 Å². The third-order valence-corrected chi connectivity index (χ3v) is 4.95. The van der Waals surface area contributed by atoms with E-state index in [-0.39, 0.29) is 11.9 Å². The van der Waals surface area contributed by atoms with Crippen LogP contribution in [-0.2, 0) is 0 Å². The molecule has 3 aromatic carbocycles. The number of para-hydroxylation sites is 1. The lowest BCUT2D eigenvalue weighted by Gasteiger charge is -2.19. The molecule has 0 aliphatic carbocycles. The second-order valence-corrected chi connectivity index (χ2v) is 6.87. The maximum Gasteiger partial charge on any atom is 0.128 e. The van der Waals surface area contributed by atoms with Gasteiger partial charge in [-0.25, -0.2) is 4.39 Å². The zero-order valence-electron chi connectivity index (χ0n) is 14.8. The van der Waals surface area contributed by atoms with E-state index in [2.05, 4.69) is 10.3 Å². The molecule has 27 heavy (non-hydrogen) atoms. The number of nitrogens with zero attached hydrogens (tertiary/aromatic N) is 1. The molecule has 0 spiro atoms. The summed E-state index contributed by atoms with van der Waals surface area (Å²) in [5.74, 6) is -0.246. The molecule has 1 N–H and O–H groups in total. The largest absolute Gasteiger partial charge is 0.377 e. The first-order chi connectivity index (χ1) is 13.1. The Morgan fingerprint density at radius 1 is 0.926 bits per heavy atom. The van der Waals surface area contributed by atoms with Gasteiger partial charge in [0.15, 0.2) is 0 Å². The number of pyridine rings is 1. The zero-order chi connectivity index (χ0) is 18.8.